The molecule has 6 amide bonds. The molecule has 4 N–H and O–H groups in total. The normalized spacial score (nSPS) is 18.9. The molecule has 3 aliphatic rings. The van der Waals surface area contributed by atoms with E-state index in [1.807, 2.05) is 54.6 Å². The van der Waals surface area contributed by atoms with E-state index in [-0.39, 0.29) is 35.8 Å². The summed E-state index contributed by atoms with van der Waals surface area (Å²) in [6, 6.07) is 19.7. The Hall–Kier alpha value is -6.64. The van der Waals surface area contributed by atoms with E-state index >= 15 is 0 Å². The molecule has 0 aliphatic carbocycles. The molecule has 0 bridgehead atoms. The van der Waals surface area contributed by atoms with Crippen molar-refractivity contribution in [2.45, 2.75) is 37.8 Å². The maximum atomic E-state index is 13.6. The lowest BCUT2D eigenvalue weighted by molar-refractivity contribution is -0.136. The van der Waals surface area contributed by atoms with Crippen molar-refractivity contribution >= 4 is 52.2 Å². The van der Waals surface area contributed by atoms with Gasteiger partial charge in [-0.05, 0) is 73.9 Å². The molecule has 5 heterocycles. The van der Waals surface area contributed by atoms with Crippen molar-refractivity contribution in [3.05, 3.63) is 90.3 Å². The van der Waals surface area contributed by atoms with Gasteiger partial charge < -0.3 is 20.7 Å². The van der Waals surface area contributed by atoms with Crippen LogP contribution < -0.4 is 21.1 Å². The third kappa shape index (κ3) is 5.77. The lowest BCUT2D eigenvalue weighted by Gasteiger charge is -2.33. The minimum atomic E-state index is -1.08. The van der Waals surface area contributed by atoms with Gasteiger partial charge in [0.05, 0.1) is 22.6 Å². The number of carbonyl (C=O) groups is 5. The van der Waals surface area contributed by atoms with Gasteiger partial charge in [0.25, 0.3) is 11.8 Å². The van der Waals surface area contributed by atoms with Crippen LogP contribution in [0.25, 0.3) is 22.3 Å². The Morgan fingerprint density at radius 1 is 0.902 bits per heavy atom. The van der Waals surface area contributed by atoms with Crippen molar-refractivity contribution < 1.29 is 28.7 Å². The van der Waals surface area contributed by atoms with Crippen LogP contribution in [0, 0.1) is 0 Å². The predicted octanol–water partition coefficient (Wildman–Crippen LogP) is 4.14. The maximum absolute atomic E-state index is 13.6. The number of aromatic nitrogens is 4. The second kappa shape index (κ2) is 12.7. The zero-order valence-electron chi connectivity index (χ0n) is 27.1. The second-order valence-corrected chi connectivity index (χ2v) is 12.6. The maximum Gasteiger partial charge on any atom is 0.321 e. The highest BCUT2D eigenvalue weighted by molar-refractivity contribution is 6.24. The first-order valence-corrected chi connectivity index (χ1v) is 16.5. The monoisotopic (exact) mass is 685 g/mol. The summed E-state index contributed by atoms with van der Waals surface area (Å²) in [5.41, 5.74) is 8.85. The number of benzene rings is 3. The zero-order valence-corrected chi connectivity index (χ0v) is 27.1. The molecule has 8 rings (SSSR count). The van der Waals surface area contributed by atoms with Crippen molar-refractivity contribution in [2.24, 2.45) is 0 Å². The van der Waals surface area contributed by atoms with Crippen LogP contribution in [-0.2, 0) is 9.59 Å². The topological polar surface area (TPSA) is 195 Å². The van der Waals surface area contributed by atoms with Crippen LogP contribution >= 0.6 is 0 Å². The Labute approximate surface area is 290 Å². The number of anilines is 2. The number of nitrogens with two attached hydrogens (primary N) is 1. The van der Waals surface area contributed by atoms with Crippen LogP contribution in [0.5, 0.6) is 11.5 Å². The highest BCUT2D eigenvalue weighted by Crippen LogP contribution is 2.35. The zero-order chi connectivity index (χ0) is 35.2. The molecule has 15 nitrogen and oxygen atoms in total. The van der Waals surface area contributed by atoms with E-state index in [4.69, 9.17) is 15.6 Å². The Bertz CT molecular complexity index is 2240. The predicted molar refractivity (Wildman–Crippen MR) is 184 cm³/mol. The molecule has 2 fully saturated rings. The van der Waals surface area contributed by atoms with Crippen LogP contribution in [0.4, 0.5) is 16.3 Å². The number of hydrogen-bond acceptors (Lipinski definition) is 10. The molecular formula is C36H31N9O6. The molecule has 2 atom stereocenters. The number of carbonyl (C=O) groups excluding carboxylic acids is 5. The summed E-state index contributed by atoms with van der Waals surface area (Å²) in [7, 11) is 0. The number of amides is 6. The smallest absolute Gasteiger partial charge is 0.321 e. The highest BCUT2D eigenvalue weighted by atomic mass is 16.5. The van der Waals surface area contributed by atoms with E-state index in [2.05, 4.69) is 20.6 Å². The van der Waals surface area contributed by atoms with Gasteiger partial charge in [-0.2, -0.15) is 5.10 Å². The summed E-state index contributed by atoms with van der Waals surface area (Å²) in [4.78, 5) is 75.3. The van der Waals surface area contributed by atoms with Crippen LogP contribution in [0.15, 0.2) is 79.1 Å². The van der Waals surface area contributed by atoms with Crippen molar-refractivity contribution in [1.82, 2.24) is 34.9 Å². The Morgan fingerprint density at radius 3 is 2.45 bits per heavy atom. The summed E-state index contributed by atoms with van der Waals surface area (Å²) in [5.74, 6) is -0.731. The molecule has 0 spiro atoms. The largest absolute Gasteiger partial charge is 0.457 e. The van der Waals surface area contributed by atoms with Gasteiger partial charge in [0.15, 0.2) is 5.65 Å². The number of fused-ring (bicyclic) bond motifs is 2. The first-order valence-electron chi connectivity index (χ1n) is 16.5. The summed E-state index contributed by atoms with van der Waals surface area (Å²) >= 11 is 0. The van der Waals surface area contributed by atoms with Crippen LogP contribution in [0.1, 0.15) is 52.4 Å². The standard InChI is InChI=1S/C36H31N9O6/c37-31-29-30(20-8-11-24(12-9-20)51-23-6-2-1-3-7-23)42-45(32(29)39-19-38-31)22-5-4-16-43(18-22)36(50)40-21-10-13-25-26(17-21)35(49)44(34(25)48)27-14-15-28(46)41-33(27)47/h1-3,6-13,17,19,22,27H,4-5,14-16,18H2,(H,40,50)(H2,37,38,39)(H,41,46,47)/t22-,27?/m1/s1. The van der Waals surface area contributed by atoms with Crippen molar-refractivity contribution in [3.63, 3.8) is 0 Å². The molecule has 15 heteroatoms. The molecule has 0 radical (unpaired) electrons. The average molecular weight is 686 g/mol. The van der Waals surface area contributed by atoms with E-state index in [9.17, 15) is 24.0 Å². The van der Waals surface area contributed by atoms with Gasteiger partial charge in [0.1, 0.15) is 35.4 Å². The first kappa shape index (κ1) is 31.6. The number of nitrogens with one attached hydrogen (secondary N) is 2. The minimum absolute atomic E-state index is 0.0234. The van der Waals surface area contributed by atoms with Gasteiger partial charge in [-0.3, -0.25) is 29.4 Å². The molecule has 3 aromatic carbocycles. The summed E-state index contributed by atoms with van der Waals surface area (Å²) < 4.78 is 7.75. The first-order chi connectivity index (χ1) is 24.7. The number of urea groups is 1. The molecule has 256 valence electrons. The third-order valence-electron chi connectivity index (χ3n) is 9.35. The lowest BCUT2D eigenvalue weighted by atomic mass is 10.0. The van der Waals surface area contributed by atoms with Gasteiger partial charge in [-0.15, -0.1) is 0 Å². The number of nitrogen functional groups attached to an aromatic ring is 1. The quantitative estimate of drug-likeness (QED) is 0.219. The summed E-state index contributed by atoms with van der Waals surface area (Å²) in [5, 5.41) is 10.6. The van der Waals surface area contributed by atoms with Crippen LogP contribution in [0.2, 0.25) is 0 Å². The Kier molecular flexibility index (Phi) is 7.86. The molecular weight excluding hydrogens is 654 g/mol. The summed E-state index contributed by atoms with van der Waals surface area (Å²) in [6.07, 6.45) is 2.90. The number of hydrogen-bond donors (Lipinski definition) is 3. The van der Waals surface area contributed by atoms with Gasteiger partial charge in [0, 0.05) is 30.8 Å². The van der Waals surface area contributed by atoms with E-state index in [1.54, 1.807) is 15.6 Å². The highest BCUT2D eigenvalue weighted by Gasteiger charge is 2.44. The fourth-order valence-corrected chi connectivity index (χ4v) is 6.85. The van der Waals surface area contributed by atoms with Crippen LogP contribution in [0.3, 0.4) is 0 Å². The van der Waals surface area contributed by atoms with Gasteiger partial charge >= 0.3 is 6.03 Å². The second-order valence-electron chi connectivity index (χ2n) is 12.6. The fourth-order valence-electron chi connectivity index (χ4n) is 6.85. The molecule has 1 unspecified atom stereocenters. The number of imide groups is 2. The minimum Gasteiger partial charge on any atom is -0.457 e. The Balaban J connectivity index is 0.996. The van der Waals surface area contributed by atoms with Crippen molar-refractivity contribution in [2.75, 3.05) is 24.1 Å². The molecule has 51 heavy (non-hydrogen) atoms. The van der Waals surface area contributed by atoms with Crippen molar-refractivity contribution in [3.8, 4) is 22.8 Å². The number of nitrogens with zero attached hydrogens (tertiary/aromatic N) is 6. The fraction of sp³-hybridized carbons (Fsp3) is 0.222. The summed E-state index contributed by atoms with van der Waals surface area (Å²) in [6.45, 7) is 0.807. The number of likely N-dealkylation sites (tertiary alicyclic amines) is 1. The number of ether oxygens (including phenoxy) is 1. The van der Waals surface area contributed by atoms with Gasteiger partial charge in [-0.25, -0.2) is 19.4 Å². The average Bonchev–Trinajstić information content (AvgIpc) is 3.65. The van der Waals surface area contributed by atoms with Crippen LogP contribution in [-0.4, -0.2) is 78.3 Å². The van der Waals surface area contributed by atoms with Gasteiger partial charge in [0.2, 0.25) is 11.8 Å². The molecule has 3 aliphatic heterocycles. The Morgan fingerprint density at radius 2 is 1.67 bits per heavy atom. The SMILES string of the molecule is Nc1ncnc2c1c(-c1ccc(Oc3ccccc3)cc1)nn2[C@@H]1CCCN(C(=O)Nc2ccc3c(c2)C(=O)N(C2CCC(=O)NC2=O)C3=O)C1. The third-order valence-corrected chi connectivity index (χ3v) is 9.35. The number of rotatable bonds is 6. The molecule has 0 saturated carbocycles. The van der Waals surface area contributed by atoms with E-state index in [0.717, 1.165) is 22.6 Å². The van der Waals surface area contributed by atoms with Crippen molar-refractivity contribution in [1.29, 1.82) is 0 Å². The molecule has 5 aromatic rings. The molecule has 2 aromatic heterocycles. The van der Waals surface area contributed by atoms with E-state index in [0.29, 0.717) is 47.7 Å². The van der Waals surface area contributed by atoms with E-state index < -0.39 is 35.7 Å². The lowest BCUT2D eigenvalue weighted by Crippen LogP contribution is -2.54. The molecule has 2 saturated heterocycles. The van der Waals surface area contributed by atoms with Gasteiger partial charge in [-0.1, -0.05) is 18.2 Å². The number of piperidine rings is 2. The van der Waals surface area contributed by atoms with E-state index in [1.165, 1.54) is 18.5 Å². The number of para-hydroxylation sites is 1.